The lowest BCUT2D eigenvalue weighted by atomic mass is 9.88. The highest BCUT2D eigenvalue weighted by Gasteiger charge is 2.43. The fraction of sp³-hybridized carbons (Fsp3) is 1.00. The molecule has 3 unspecified atom stereocenters. The third-order valence-corrected chi connectivity index (χ3v) is 4.45. The lowest BCUT2D eigenvalue weighted by molar-refractivity contribution is -0.273. The van der Waals surface area contributed by atoms with Crippen LogP contribution in [0.4, 0.5) is 0 Å². The molecule has 0 radical (unpaired) electrons. The molecule has 1 aliphatic rings. The van der Waals surface area contributed by atoms with E-state index in [4.69, 9.17) is 9.47 Å². The molecule has 1 rings (SSSR count). The van der Waals surface area contributed by atoms with Crippen LogP contribution in [0.2, 0.25) is 0 Å². The summed E-state index contributed by atoms with van der Waals surface area (Å²) in [7, 11) is 1.49. The second-order valence-corrected chi connectivity index (χ2v) is 5.56. The number of aliphatic hydroxyl groups is 2. The van der Waals surface area contributed by atoms with Crippen molar-refractivity contribution in [3.8, 4) is 0 Å². The van der Waals surface area contributed by atoms with Gasteiger partial charge in [0.15, 0.2) is 6.29 Å². The van der Waals surface area contributed by atoms with Gasteiger partial charge in [0.2, 0.25) is 0 Å². The molecular weight excluding hydrogens is 240 g/mol. The number of aliphatic hydroxyl groups excluding tert-OH is 2. The molecule has 102 valence electrons. The molecule has 0 aromatic carbocycles. The first-order valence-electron chi connectivity index (χ1n) is 6.27. The summed E-state index contributed by atoms with van der Waals surface area (Å²) in [5.41, 5.74) is 0. The number of hydrogen-bond acceptors (Lipinski definition) is 5. The minimum Gasteiger partial charge on any atom is -0.390 e. The molecule has 0 amide bonds. The molecule has 0 bridgehead atoms. The number of ether oxygens (including phenoxy) is 2. The van der Waals surface area contributed by atoms with E-state index >= 15 is 0 Å². The Morgan fingerprint density at radius 1 is 1.24 bits per heavy atom. The Hall–Kier alpha value is 0.190. The molecule has 0 aromatic rings. The van der Waals surface area contributed by atoms with Crippen molar-refractivity contribution in [2.45, 2.75) is 51.3 Å². The van der Waals surface area contributed by atoms with Crippen molar-refractivity contribution in [3.05, 3.63) is 0 Å². The Bertz CT molecular complexity index is 215. The Kier molecular flexibility index (Phi) is 6.80. The number of methoxy groups -OCH3 is 1. The van der Waals surface area contributed by atoms with Crippen LogP contribution in [0, 0.1) is 5.92 Å². The van der Waals surface area contributed by atoms with Crippen LogP contribution < -0.4 is 0 Å². The summed E-state index contributed by atoms with van der Waals surface area (Å²) in [6.45, 7) is 4.15. The summed E-state index contributed by atoms with van der Waals surface area (Å²) in [6.07, 6.45) is -0.526. The fourth-order valence-corrected chi connectivity index (χ4v) is 3.21. The van der Waals surface area contributed by atoms with Gasteiger partial charge in [0.1, 0.15) is 6.10 Å². The highest BCUT2D eigenvalue weighted by molar-refractivity contribution is 7.99. The van der Waals surface area contributed by atoms with Crippen LogP contribution in [0.15, 0.2) is 0 Å². The molecule has 5 atom stereocenters. The summed E-state index contributed by atoms with van der Waals surface area (Å²) >= 11 is 1.82. The van der Waals surface area contributed by atoms with Crippen molar-refractivity contribution in [1.82, 2.24) is 0 Å². The standard InChI is InChI=1S/C12H24O4S/c1-4-6-17-7-9-8(5-2)10(13)11(14)12(15-3)16-9/h8-14H,4-7H2,1-3H3/t8?,9?,10-,11?,12-/m0/s1. The first kappa shape index (κ1) is 15.2. The first-order chi connectivity index (χ1) is 8.15. The summed E-state index contributed by atoms with van der Waals surface area (Å²) in [5.74, 6) is 1.92. The van der Waals surface area contributed by atoms with Gasteiger partial charge in [-0.1, -0.05) is 13.8 Å². The average molecular weight is 264 g/mol. The Morgan fingerprint density at radius 3 is 2.47 bits per heavy atom. The maximum Gasteiger partial charge on any atom is 0.186 e. The Labute approximate surface area is 108 Å². The van der Waals surface area contributed by atoms with E-state index in [1.54, 1.807) is 0 Å². The fourth-order valence-electron chi connectivity index (χ4n) is 2.19. The van der Waals surface area contributed by atoms with E-state index in [9.17, 15) is 10.2 Å². The van der Waals surface area contributed by atoms with E-state index in [2.05, 4.69) is 6.92 Å². The van der Waals surface area contributed by atoms with Gasteiger partial charge in [0, 0.05) is 18.8 Å². The predicted octanol–water partition coefficient (Wildman–Crippen LogP) is 1.25. The number of hydrogen-bond donors (Lipinski definition) is 2. The van der Waals surface area contributed by atoms with Crippen LogP contribution in [-0.4, -0.2) is 53.4 Å². The van der Waals surface area contributed by atoms with Crippen molar-refractivity contribution >= 4 is 11.8 Å². The molecule has 1 saturated heterocycles. The lowest BCUT2D eigenvalue weighted by Crippen LogP contribution is -2.55. The minimum atomic E-state index is -0.947. The first-order valence-corrected chi connectivity index (χ1v) is 7.43. The van der Waals surface area contributed by atoms with Gasteiger partial charge in [0.25, 0.3) is 0 Å². The lowest BCUT2D eigenvalue weighted by Gasteiger charge is -2.42. The molecule has 1 heterocycles. The van der Waals surface area contributed by atoms with Gasteiger partial charge in [-0.15, -0.1) is 0 Å². The number of rotatable bonds is 6. The molecule has 0 spiro atoms. The normalized spacial score (nSPS) is 38.3. The minimum absolute atomic E-state index is 0.0132. The van der Waals surface area contributed by atoms with Gasteiger partial charge in [-0.3, -0.25) is 0 Å². The Balaban J connectivity index is 2.59. The third kappa shape index (κ3) is 3.83. The van der Waals surface area contributed by atoms with E-state index in [1.165, 1.54) is 7.11 Å². The van der Waals surface area contributed by atoms with Gasteiger partial charge < -0.3 is 19.7 Å². The molecular formula is C12H24O4S. The van der Waals surface area contributed by atoms with Crippen LogP contribution in [0.25, 0.3) is 0 Å². The van der Waals surface area contributed by atoms with Crippen LogP contribution in [0.1, 0.15) is 26.7 Å². The zero-order valence-corrected chi connectivity index (χ0v) is 11.7. The zero-order chi connectivity index (χ0) is 12.8. The van der Waals surface area contributed by atoms with Crippen LogP contribution in [0.3, 0.4) is 0 Å². The third-order valence-electron chi connectivity index (χ3n) is 3.19. The van der Waals surface area contributed by atoms with Crippen molar-refractivity contribution in [2.24, 2.45) is 5.92 Å². The van der Waals surface area contributed by atoms with Gasteiger partial charge >= 0.3 is 0 Å². The molecule has 0 saturated carbocycles. The highest BCUT2D eigenvalue weighted by Crippen LogP contribution is 2.30. The van der Waals surface area contributed by atoms with Crippen LogP contribution in [-0.2, 0) is 9.47 Å². The van der Waals surface area contributed by atoms with E-state index in [1.807, 2.05) is 18.7 Å². The molecule has 17 heavy (non-hydrogen) atoms. The molecule has 1 aliphatic heterocycles. The van der Waals surface area contributed by atoms with E-state index in [0.29, 0.717) is 0 Å². The summed E-state index contributed by atoms with van der Waals surface area (Å²) in [4.78, 5) is 0. The quantitative estimate of drug-likeness (QED) is 0.707. The second kappa shape index (κ2) is 7.59. The van der Waals surface area contributed by atoms with Crippen LogP contribution in [0.5, 0.6) is 0 Å². The molecule has 5 heteroatoms. The van der Waals surface area contributed by atoms with Crippen molar-refractivity contribution in [1.29, 1.82) is 0 Å². The van der Waals surface area contributed by atoms with E-state index < -0.39 is 18.5 Å². The highest BCUT2D eigenvalue weighted by atomic mass is 32.2. The SMILES string of the molecule is CCCSCC1O[C@H](OC)C(O)[C@@H](O)C1CC. The number of thioether (sulfide) groups is 1. The van der Waals surface area contributed by atoms with Gasteiger partial charge in [0.05, 0.1) is 12.2 Å². The smallest absolute Gasteiger partial charge is 0.186 e. The molecule has 2 N–H and O–H groups in total. The topological polar surface area (TPSA) is 58.9 Å². The predicted molar refractivity (Wildman–Crippen MR) is 69.1 cm³/mol. The Morgan fingerprint density at radius 2 is 1.94 bits per heavy atom. The van der Waals surface area contributed by atoms with Gasteiger partial charge in [-0.2, -0.15) is 11.8 Å². The molecule has 0 aliphatic carbocycles. The van der Waals surface area contributed by atoms with Crippen molar-refractivity contribution < 1.29 is 19.7 Å². The van der Waals surface area contributed by atoms with Crippen molar-refractivity contribution in [2.75, 3.05) is 18.6 Å². The van der Waals surface area contributed by atoms with Crippen LogP contribution >= 0.6 is 11.8 Å². The van der Waals surface area contributed by atoms with Crippen molar-refractivity contribution in [3.63, 3.8) is 0 Å². The zero-order valence-electron chi connectivity index (χ0n) is 10.8. The molecule has 4 nitrogen and oxygen atoms in total. The maximum atomic E-state index is 10.0. The average Bonchev–Trinajstić information content (AvgIpc) is 2.34. The van der Waals surface area contributed by atoms with E-state index in [-0.39, 0.29) is 12.0 Å². The van der Waals surface area contributed by atoms with Gasteiger partial charge in [-0.05, 0) is 18.6 Å². The summed E-state index contributed by atoms with van der Waals surface area (Å²) in [6, 6.07) is 0. The monoisotopic (exact) mass is 264 g/mol. The summed E-state index contributed by atoms with van der Waals surface area (Å²) in [5, 5.41) is 19.9. The second-order valence-electron chi connectivity index (χ2n) is 4.41. The summed E-state index contributed by atoms with van der Waals surface area (Å²) < 4.78 is 10.8. The van der Waals surface area contributed by atoms with E-state index in [0.717, 1.165) is 24.3 Å². The largest absolute Gasteiger partial charge is 0.390 e. The maximum absolute atomic E-state index is 10.0. The molecule has 1 fully saturated rings. The molecule has 0 aromatic heterocycles. The van der Waals surface area contributed by atoms with Gasteiger partial charge in [-0.25, -0.2) is 0 Å².